The van der Waals surface area contributed by atoms with E-state index in [0.717, 1.165) is 0 Å². The zero-order valence-electron chi connectivity index (χ0n) is 14.9. The van der Waals surface area contributed by atoms with E-state index in [1.807, 2.05) is 0 Å². The predicted molar refractivity (Wildman–Crippen MR) is 117 cm³/mol. The summed E-state index contributed by atoms with van der Waals surface area (Å²) in [6.07, 6.45) is 0.625. The first-order chi connectivity index (χ1) is 10.1. The Morgan fingerprint density at radius 3 is 0.815 bits per heavy atom. The fraction of sp³-hybridized carbons (Fsp3) is 0.778. The first-order valence-electron chi connectivity index (χ1n) is 5.93. The van der Waals surface area contributed by atoms with Crippen molar-refractivity contribution >= 4 is 24.3 Å². The van der Waals surface area contributed by atoms with Crippen LogP contribution in [0, 0.1) is 0 Å². The van der Waals surface area contributed by atoms with Gasteiger partial charge in [0.25, 0.3) is 0 Å². The number of methoxy groups -OCH3 is 3. The fourth-order valence-corrected chi connectivity index (χ4v) is 0. The molecule has 9 nitrogen and oxygen atoms in total. The fourth-order valence-electron chi connectivity index (χ4n) is 0. The SMILES string of the molecule is C.C.C.C.C.CNC(C)=O.CNC=O.COC.COC(C)=O.COC(C)=O. The molecule has 0 aromatic rings. The van der Waals surface area contributed by atoms with Crippen LogP contribution in [-0.2, 0) is 33.4 Å². The van der Waals surface area contributed by atoms with Crippen molar-refractivity contribution in [1.29, 1.82) is 0 Å². The summed E-state index contributed by atoms with van der Waals surface area (Å²) < 4.78 is 12.5. The molecule has 0 fully saturated rings. The Hall–Kier alpha value is -2.16. The normalized spacial score (nSPS) is 5.22. The Balaban J connectivity index is -0.0000000161. The largest absolute Gasteiger partial charge is 0.469 e. The number of carbonyl (C=O) groups is 4. The lowest BCUT2D eigenvalue weighted by molar-refractivity contribution is -0.138. The van der Waals surface area contributed by atoms with E-state index in [1.54, 1.807) is 28.3 Å². The topological polar surface area (TPSA) is 120 Å². The second kappa shape index (κ2) is 75.4. The summed E-state index contributed by atoms with van der Waals surface area (Å²) in [6, 6.07) is 0. The van der Waals surface area contributed by atoms with Gasteiger partial charge in [0.2, 0.25) is 12.3 Å². The van der Waals surface area contributed by atoms with E-state index in [0.29, 0.717) is 6.41 Å². The maximum Gasteiger partial charge on any atom is 0.302 e. The number of ether oxygens (including phenoxy) is 3. The van der Waals surface area contributed by atoms with Gasteiger partial charge in [0.1, 0.15) is 0 Å². The monoisotopic (exact) mass is 406 g/mol. The van der Waals surface area contributed by atoms with Gasteiger partial charge in [-0.25, -0.2) is 0 Å². The van der Waals surface area contributed by atoms with Gasteiger partial charge >= 0.3 is 11.9 Å². The highest BCUT2D eigenvalue weighted by molar-refractivity contribution is 5.72. The average molecular weight is 407 g/mol. The minimum Gasteiger partial charge on any atom is -0.469 e. The molecule has 2 amide bonds. The van der Waals surface area contributed by atoms with Crippen molar-refractivity contribution in [2.75, 3.05) is 42.5 Å². The van der Waals surface area contributed by atoms with Gasteiger partial charge in [-0.1, -0.05) is 37.1 Å². The molecular formula is C18H50N2O7. The third kappa shape index (κ3) is 485. The van der Waals surface area contributed by atoms with E-state index < -0.39 is 0 Å². The molecule has 0 saturated carbocycles. The number of carbonyl (C=O) groups excluding carboxylic acids is 4. The summed E-state index contributed by atoms with van der Waals surface area (Å²) in [5, 5.41) is 4.64. The van der Waals surface area contributed by atoms with E-state index in [1.165, 1.54) is 35.0 Å². The van der Waals surface area contributed by atoms with Crippen molar-refractivity contribution in [3.8, 4) is 0 Å². The Kier molecular flexibility index (Phi) is 179. The van der Waals surface area contributed by atoms with Gasteiger partial charge < -0.3 is 24.8 Å². The highest BCUT2D eigenvalue weighted by Gasteiger charge is 1.76. The van der Waals surface area contributed by atoms with Gasteiger partial charge in [0.15, 0.2) is 0 Å². The summed E-state index contributed by atoms with van der Waals surface area (Å²) >= 11 is 0. The molecule has 0 aromatic carbocycles. The zero-order chi connectivity index (χ0) is 19.0. The number of nitrogens with one attached hydrogen (secondary N) is 2. The van der Waals surface area contributed by atoms with E-state index in [2.05, 4.69) is 24.8 Å². The molecule has 0 aliphatic carbocycles. The molecule has 0 unspecified atom stereocenters. The van der Waals surface area contributed by atoms with Crippen LogP contribution < -0.4 is 10.6 Å². The van der Waals surface area contributed by atoms with Gasteiger partial charge in [0.05, 0.1) is 14.2 Å². The Morgan fingerprint density at radius 2 is 0.815 bits per heavy atom. The van der Waals surface area contributed by atoms with E-state index in [-0.39, 0.29) is 55.0 Å². The first-order valence-corrected chi connectivity index (χ1v) is 5.93. The molecule has 0 spiro atoms. The second-order valence-corrected chi connectivity index (χ2v) is 3.01. The smallest absolute Gasteiger partial charge is 0.302 e. The lowest BCUT2D eigenvalue weighted by Crippen LogP contribution is -2.11. The van der Waals surface area contributed by atoms with Crippen molar-refractivity contribution in [1.82, 2.24) is 10.6 Å². The van der Waals surface area contributed by atoms with Crippen molar-refractivity contribution in [3.63, 3.8) is 0 Å². The quantitative estimate of drug-likeness (QED) is 0.507. The molecule has 9 heteroatoms. The van der Waals surface area contributed by atoms with Crippen LogP contribution in [0.2, 0.25) is 0 Å². The predicted octanol–water partition coefficient (Wildman–Crippen LogP) is 2.92. The van der Waals surface area contributed by atoms with Crippen molar-refractivity contribution in [2.45, 2.75) is 57.9 Å². The number of amides is 2. The van der Waals surface area contributed by atoms with Crippen LogP contribution >= 0.6 is 0 Å². The van der Waals surface area contributed by atoms with Crippen LogP contribution in [-0.4, -0.2) is 66.8 Å². The lowest BCUT2D eigenvalue weighted by Gasteiger charge is -1.80. The number of hydrogen-bond acceptors (Lipinski definition) is 7. The van der Waals surface area contributed by atoms with Crippen LogP contribution in [0.4, 0.5) is 0 Å². The van der Waals surface area contributed by atoms with Gasteiger partial charge in [-0.3, -0.25) is 19.2 Å². The minimum atomic E-state index is -0.245. The summed E-state index contributed by atoms with van der Waals surface area (Å²) in [6.45, 7) is 4.19. The standard InChI is InChI=1S/C3H7NO.2C3H6O2.C2H5NO.C2H6O.5CH4/c1-3(5)4-2;2*1-3(4)5-2;1-3-2-4;1-3-2;;;;;/h1-2H3,(H,4,5);2*1-2H3;2H,1H3,(H,3,4);1-2H3;5*1H4. The summed E-state index contributed by atoms with van der Waals surface area (Å²) in [7, 11) is 9.11. The highest BCUT2D eigenvalue weighted by atomic mass is 16.5. The molecule has 0 aliphatic heterocycles. The van der Waals surface area contributed by atoms with Gasteiger partial charge in [-0.2, -0.15) is 0 Å². The van der Waals surface area contributed by atoms with Crippen molar-refractivity contribution in [3.05, 3.63) is 0 Å². The Labute approximate surface area is 169 Å². The Morgan fingerprint density at radius 1 is 0.704 bits per heavy atom. The van der Waals surface area contributed by atoms with Gasteiger partial charge in [-0.15, -0.1) is 0 Å². The summed E-state index contributed by atoms with van der Waals surface area (Å²) in [5.41, 5.74) is 0. The summed E-state index contributed by atoms with van der Waals surface area (Å²) in [5.74, 6) is -0.486. The Bertz CT molecular complexity index is 229. The highest BCUT2D eigenvalue weighted by Crippen LogP contribution is 1.60. The lowest BCUT2D eigenvalue weighted by atomic mass is 10.7. The molecule has 0 rings (SSSR count). The van der Waals surface area contributed by atoms with E-state index >= 15 is 0 Å². The molecule has 0 aliphatic rings. The zero-order valence-corrected chi connectivity index (χ0v) is 14.9. The third-order valence-electron chi connectivity index (χ3n) is 1.04. The maximum atomic E-state index is 9.70. The van der Waals surface area contributed by atoms with Crippen molar-refractivity contribution < 1.29 is 33.4 Å². The van der Waals surface area contributed by atoms with Gasteiger partial charge in [-0.05, 0) is 0 Å². The first kappa shape index (κ1) is 64.1. The minimum absolute atomic E-state index is 0. The number of esters is 2. The third-order valence-corrected chi connectivity index (χ3v) is 1.04. The molecular weight excluding hydrogens is 356 g/mol. The molecule has 174 valence electrons. The van der Waals surface area contributed by atoms with Crippen LogP contribution in [0.3, 0.4) is 0 Å². The van der Waals surface area contributed by atoms with E-state index in [4.69, 9.17) is 4.79 Å². The molecule has 0 bridgehead atoms. The summed E-state index contributed by atoms with van der Waals surface area (Å²) in [4.78, 5) is 37.9. The van der Waals surface area contributed by atoms with Crippen LogP contribution in [0.1, 0.15) is 57.9 Å². The van der Waals surface area contributed by atoms with Crippen LogP contribution in [0.25, 0.3) is 0 Å². The molecule has 0 atom stereocenters. The number of hydrogen-bond donors (Lipinski definition) is 2. The maximum absolute atomic E-state index is 9.70. The van der Waals surface area contributed by atoms with E-state index in [9.17, 15) is 14.4 Å². The van der Waals surface area contributed by atoms with Gasteiger partial charge in [0, 0.05) is 49.1 Å². The average Bonchev–Trinajstić information content (AvgIpc) is 2.49. The van der Waals surface area contributed by atoms with Crippen LogP contribution in [0.5, 0.6) is 0 Å². The molecule has 0 saturated heterocycles. The molecule has 0 aromatic heterocycles. The number of rotatable bonds is 1. The van der Waals surface area contributed by atoms with Crippen LogP contribution in [0.15, 0.2) is 0 Å². The van der Waals surface area contributed by atoms with Crippen molar-refractivity contribution in [2.24, 2.45) is 0 Å². The molecule has 0 heterocycles. The molecule has 27 heavy (non-hydrogen) atoms. The molecule has 2 N–H and O–H groups in total. The second-order valence-electron chi connectivity index (χ2n) is 3.01. The molecule has 0 radical (unpaired) electrons.